The predicted octanol–water partition coefficient (Wildman–Crippen LogP) is 3.11. The number of carbonyl (C=O) groups is 1. The zero-order valence-electron chi connectivity index (χ0n) is 14.3. The third-order valence-electron chi connectivity index (χ3n) is 3.39. The lowest BCUT2D eigenvalue weighted by Gasteiger charge is -2.11. The number of aliphatic hydroxyl groups excluding tert-OH is 1. The number of ether oxygens (including phenoxy) is 1. The van der Waals surface area contributed by atoms with E-state index >= 15 is 0 Å². The monoisotopic (exact) mass is 363 g/mol. The predicted molar refractivity (Wildman–Crippen MR) is 94.9 cm³/mol. The molecule has 0 radical (unpaired) electrons. The van der Waals surface area contributed by atoms with E-state index in [1.165, 1.54) is 36.4 Å². The minimum absolute atomic E-state index is 0.0835. The summed E-state index contributed by atoms with van der Waals surface area (Å²) in [4.78, 5) is 11.9. The zero-order chi connectivity index (χ0) is 18.6. The molecule has 0 bridgehead atoms. The fraction of sp³-hybridized carbons (Fsp3) is 0.278. The van der Waals surface area contributed by atoms with Gasteiger partial charge in [-0.3, -0.25) is 4.72 Å². The van der Waals surface area contributed by atoms with Crippen molar-refractivity contribution in [1.29, 1.82) is 0 Å². The summed E-state index contributed by atoms with van der Waals surface area (Å²) >= 11 is 0. The molecule has 0 aliphatic heterocycles. The van der Waals surface area contributed by atoms with E-state index in [9.17, 15) is 18.3 Å². The maximum atomic E-state index is 12.4. The number of benzene rings is 2. The largest absolute Gasteiger partial charge is 0.459 e. The smallest absolute Gasteiger partial charge is 0.338 e. The lowest BCUT2D eigenvalue weighted by molar-refractivity contribution is 0.0378. The first-order valence-electron chi connectivity index (χ1n) is 7.81. The van der Waals surface area contributed by atoms with E-state index < -0.39 is 22.1 Å². The normalized spacial score (nSPS) is 12.7. The van der Waals surface area contributed by atoms with Crippen LogP contribution in [0.2, 0.25) is 0 Å². The van der Waals surface area contributed by atoms with Crippen LogP contribution in [0, 0.1) is 0 Å². The first-order chi connectivity index (χ1) is 11.7. The summed E-state index contributed by atoms with van der Waals surface area (Å²) in [6.07, 6.45) is -0.891. The number of carbonyl (C=O) groups excluding carboxylic acids is 1. The van der Waals surface area contributed by atoms with Crippen LogP contribution < -0.4 is 4.72 Å². The van der Waals surface area contributed by atoms with Crippen LogP contribution in [0.3, 0.4) is 0 Å². The molecular formula is C18H21NO5S. The fourth-order valence-electron chi connectivity index (χ4n) is 2.10. The summed E-state index contributed by atoms with van der Waals surface area (Å²) in [7, 11) is -3.76. The van der Waals surface area contributed by atoms with E-state index in [1.807, 2.05) is 0 Å². The van der Waals surface area contributed by atoms with Crippen LogP contribution >= 0.6 is 0 Å². The third kappa shape index (κ3) is 5.04. The van der Waals surface area contributed by atoms with Crippen molar-refractivity contribution in [2.75, 3.05) is 4.72 Å². The molecule has 0 aliphatic rings. The molecule has 25 heavy (non-hydrogen) atoms. The SMILES string of the molecule is CC(C)OC(=O)c1ccc(NS(=O)(=O)c2ccc([C@@H](C)O)cc2)cc1. The van der Waals surface area contributed by atoms with Gasteiger partial charge in [0.2, 0.25) is 0 Å². The Morgan fingerprint density at radius 3 is 2.04 bits per heavy atom. The highest BCUT2D eigenvalue weighted by atomic mass is 32.2. The summed E-state index contributed by atoms with van der Waals surface area (Å²) in [6, 6.07) is 12.0. The summed E-state index contributed by atoms with van der Waals surface area (Å²) in [5, 5.41) is 9.48. The molecule has 0 fully saturated rings. The molecule has 1 atom stereocenters. The average molecular weight is 363 g/mol. The Hall–Kier alpha value is -2.38. The van der Waals surface area contributed by atoms with Crippen molar-refractivity contribution in [3.8, 4) is 0 Å². The Morgan fingerprint density at radius 2 is 1.56 bits per heavy atom. The van der Waals surface area contributed by atoms with E-state index in [0.717, 1.165) is 0 Å². The van der Waals surface area contributed by atoms with Crippen LogP contribution in [0.25, 0.3) is 0 Å². The molecule has 0 unspecified atom stereocenters. The van der Waals surface area contributed by atoms with Crippen molar-refractivity contribution >= 4 is 21.7 Å². The van der Waals surface area contributed by atoms with E-state index in [2.05, 4.69) is 4.72 Å². The van der Waals surface area contributed by atoms with Crippen LogP contribution in [0.5, 0.6) is 0 Å². The number of aliphatic hydroxyl groups is 1. The first-order valence-corrected chi connectivity index (χ1v) is 9.29. The second kappa shape index (κ2) is 7.67. The molecule has 0 spiro atoms. The Bertz CT molecular complexity index is 825. The minimum Gasteiger partial charge on any atom is -0.459 e. The number of hydrogen-bond acceptors (Lipinski definition) is 5. The molecule has 6 nitrogen and oxygen atoms in total. The van der Waals surface area contributed by atoms with Crippen LogP contribution in [-0.2, 0) is 14.8 Å². The van der Waals surface area contributed by atoms with Crippen LogP contribution in [0.15, 0.2) is 53.4 Å². The number of nitrogens with one attached hydrogen (secondary N) is 1. The van der Waals surface area contributed by atoms with Crippen molar-refractivity contribution in [1.82, 2.24) is 0 Å². The van der Waals surface area contributed by atoms with Gasteiger partial charge in [0.25, 0.3) is 10.0 Å². The van der Waals surface area contributed by atoms with Gasteiger partial charge in [-0.15, -0.1) is 0 Å². The van der Waals surface area contributed by atoms with Crippen molar-refractivity contribution in [3.63, 3.8) is 0 Å². The molecule has 2 N–H and O–H groups in total. The average Bonchev–Trinajstić information content (AvgIpc) is 2.54. The third-order valence-corrected chi connectivity index (χ3v) is 4.79. The van der Waals surface area contributed by atoms with Crippen molar-refractivity contribution in [2.24, 2.45) is 0 Å². The van der Waals surface area contributed by atoms with E-state index in [4.69, 9.17) is 4.74 Å². The van der Waals surface area contributed by atoms with Gasteiger partial charge in [0.15, 0.2) is 0 Å². The lowest BCUT2D eigenvalue weighted by Crippen LogP contribution is -2.14. The highest BCUT2D eigenvalue weighted by Crippen LogP contribution is 2.19. The van der Waals surface area contributed by atoms with Crippen molar-refractivity contribution in [2.45, 2.75) is 37.9 Å². The van der Waals surface area contributed by atoms with Gasteiger partial charge in [0.05, 0.1) is 22.7 Å². The fourth-order valence-corrected chi connectivity index (χ4v) is 3.15. The van der Waals surface area contributed by atoms with E-state index in [-0.39, 0.29) is 11.0 Å². The van der Waals surface area contributed by atoms with Crippen molar-refractivity contribution in [3.05, 3.63) is 59.7 Å². The number of anilines is 1. The zero-order valence-corrected chi connectivity index (χ0v) is 15.1. The molecule has 2 rings (SSSR count). The molecule has 0 amide bonds. The maximum absolute atomic E-state index is 12.4. The summed E-state index contributed by atoms with van der Waals surface area (Å²) in [5.74, 6) is -0.460. The molecule has 0 aliphatic carbocycles. The van der Waals surface area contributed by atoms with E-state index in [0.29, 0.717) is 16.8 Å². The molecule has 2 aromatic rings. The maximum Gasteiger partial charge on any atom is 0.338 e. The van der Waals surface area contributed by atoms with Crippen molar-refractivity contribution < 1.29 is 23.1 Å². The van der Waals surface area contributed by atoms with Gasteiger partial charge < -0.3 is 9.84 Å². The molecule has 134 valence electrons. The van der Waals surface area contributed by atoms with Gasteiger partial charge in [-0.05, 0) is 62.7 Å². The topological polar surface area (TPSA) is 92.7 Å². The number of hydrogen-bond donors (Lipinski definition) is 2. The van der Waals surface area contributed by atoms with Crippen LogP contribution in [-0.4, -0.2) is 25.6 Å². The van der Waals surface area contributed by atoms with Gasteiger partial charge in [0.1, 0.15) is 0 Å². The number of esters is 1. The van der Waals surface area contributed by atoms with Gasteiger partial charge in [-0.1, -0.05) is 12.1 Å². The summed E-state index contributed by atoms with van der Waals surface area (Å²) in [6.45, 7) is 5.11. The Kier molecular flexibility index (Phi) is 5.81. The van der Waals surface area contributed by atoms with Gasteiger partial charge in [-0.2, -0.15) is 0 Å². The molecule has 0 heterocycles. The number of rotatable bonds is 6. The molecule has 7 heteroatoms. The first kappa shape index (κ1) is 19.0. The second-order valence-electron chi connectivity index (χ2n) is 5.88. The Labute approximate surface area is 147 Å². The van der Waals surface area contributed by atoms with E-state index in [1.54, 1.807) is 32.9 Å². The standard InChI is InChI=1S/C18H21NO5S/c1-12(2)24-18(21)15-4-8-16(9-5-15)19-25(22,23)17-10-6-14(7-11-17)13(3)20/h4-13,19-20H,1-3H3/t13-/m1/s1. The Morgan fingerprint density at radius 1 is 1.00 bits per heavy atom. The van der Waals surface area contributed by atoms with Gasteiger partial charge in [0, 0.05) is 5.69 Å². The number of sulfonamides is 1. The highest BCUT2D eigenvalue weighted by molar-refractivity contribution is 7.92. The van der Waals surface area contributed by atoms with Gasteiger partial charge in [-0.25, -0.2) is 13.2 Å². The van der Waals surface area contributed by atoms with Crippen LogP contribution in [0.4, 0.5) is 5.69 Å². The summed E-state index contributed by atoms with van der Waals surface area (Å²) in [5.41, 5.74) is 1.31. The highest BCUT2D eigenvalue weighted by Gasteiger charge is 2.15. The van der Waals surface area contributed by atoms with Crippen LogP contribution in [0.1, 0.15) is 42.8 Å². The molecule has 2 aromatic carbocycles. The summed E-state index contributed by atoms with van der Waals surface area (Å²) < 4.78 is 32.3. The van der Waals surface area contributed by atoms with Gasteiger partial charge >= 0.3 is 5.97 Å². The second-order valence-corrected chi connectivity index (χ2v) is 7.56. The molecular weight excluding hydrogens is 342 g/mol. The molecule has 0 saturated heterocycles. The quantitative estimate of drug-likeness (QED) is 0.769. The molecule has 0 aromatic heterocycles. The Balaban J connectivity index is 2.13. The molecule has 0 saturated carbocycles. The lowest BCUT2D eigenvalue weighted by atomic mass is 10.1. The minimum atomic E-state index is -3.76.